The first-order valence-electron chi connectivity index (χ1n) is 12.0. The Morgan fingerprint density at radius 1 is 0.941 bits per heavy atom. The van der Waals surface area contributed by atoms with Crippen LogP contribution >= 0.6 is 0 Å². The van der Waals surface area contributed by atoms with E-state index >= 15 is 0 Å². The molecule has 176 valence electrons. The van der Waals surface area contributed by atoms with Crippen LogP contribution in [0.3, 0.4) is 0 Å². The molecule has 6 heteroatoms. The van der Waals surface area contributed by atoms with Gasteiger partial charge in [0.15, 0.2) is 0 Å². The van der Waals surface area contributed by atoms with Crippen molar-refractivity contribution in [3.05, 3.63) is 77.4 Å². The third-order valence-corrected chi connectivity index (χ3v) is 7.03. The van der Waals surface area contributed by atoms with Gasteiger partial charge in [-0.15, -0.1) is 0 Å². The minimum absolute atomic E-state index is 0.0446. The number of ether oxygens (including phenoxy) is 2. The fourth-order valence-corrected chi connectivity index (χ4v) is 4.91. The quantitative estimate of drug-likeness (QED) is 0.650. The van der Waals surface area contributed by atoms with Crippen LogP contribution in [0.4, 0.5) is 0 Å². The van der Waals surface area contributed by atoms with E-state index in [1.165, 1.54) is 0 Å². The molecular formula is C28H30N2O4. The first-order valence-corrected chi connectivity index (χ1v) is 12.0. The van der Waals surface area contributed by atoms with Crippen molar-refractivity contribution in [2.45, 2.75) is 25.7 Å². The van der Waals surface area contributed by atoms with Crippen LogP contribution in [0.25, 0.3) is 6.08 Å². The highest BCUT2D eigenvalue weighted by Gasteiger charge is 2.36. The molecule has 5 rings (SSSR count). The SMILES string of the molecule is O=C1NCC2(C/C=C/CCOc3ccccc31)CCN(C(=O)C1=Cc3ccccc3OC1)CC2. The Hall–Kier alpha value is -3.54. The van der Waals surface area contributed by atoms with Crippen molar-refractivity contribution >= 4 is 17.9 Å². The molecule has 3 heterocycles. The van der Waals surface area contributed by atoms with E-state index in [1.54, 1.807) is 6.07 Å². The minimum Gasteiger partial charge on any atom is -0.492 e. The summed E-state index contributed by atoms with van der Waals surface area (Å²) >= 11 is 0. The Kier molecular flexibility index (Phi) is 6.39. The van der Waals surface area contributed by atoms with E-state index in [-0.39, 0.29) is 17.2 Å². The predicted octanol–water partition coefficient (Wildman–Crippen LogP) is 4.23. The van der Waals surface area contributed by atoms with Gasteiger partial charge in [0.25, 0.3) is 11.8 Å². The predicted molar refractivity (Wildman–Crippen MR) is 131 cm³/mol. The van der Waals surface area contributed by atoms with Gasteiger partial charge in [0.1, 0.15) is 18.1 Å². The van der Waals surface area contributed by atoms with E-state index in [9.17, 15) is 9.59 Å². The number of carbonyl (C=O) groups is 2. The van der Waals surface area contributed by atoms with Crippen LogP contribution in [0.15, 0.2) is 66.3 Å². The van der Waals surface area contributed by atoms with Crippen LogP contribution in [-0.2, 0) is 4.79 Å². The summed E-state index contributed by atoms with van der Waals surface area (Å²) < 4.78 is 11.6. The average molecular weight is 459 g/mol. The molecule has 0 atom stereocenters. The Morgan fingerprint density at radius 3 is 2.56 bits per heavy atom. The largest absolute Gasteiger partial charge is 0.492 e. The second-order valence-electron chi connectivity index (χ2n) is 9.28. The lowest BCUT2D eigenvalue weighted by molar-refractivity contribution is -0.129. The minimum atomic E-state index is -0.110. The van der Waals surface area contributed by atoms with Gasteiger partial charge in [0, 0.05) is 25.2 Å². The zero-order valence-corrected chi connectivity index (χ0v) is 19.3. The molecule has 0 aromatic heterocycles. The molecule has 1 saturated heterocycles. The number of nitrogens with one attached hydrogen (secondary N) is 1. The Morgan fingerprint density at radius 2 is 1.71 bits per heavy atom. The van der Waals surface area contributed by atoms with E-state index in [4.69, 9.17) is 9.47 Å². The van der Waals surface area contributed by atoms with Gasteiger partial charge in [-0.1, -0.05) is 42.5 Å². The lowest BCUT2D eigenvalue weighted by Crippen LogP contribution is -2.48. The zero-order chi connectivity index (χ0) is 23.4. The summed E-state index contributed by atoms with van der Waals surface area (Å²) in [5, 5.41) is 3.15. The number of amides is 2. The van der Waals surface area contributed by atoms with Gasteiger partial charge in [-0.3, -0.25) is 9.59 Å². The van der Waals surface area contributed by atoms with Crippen LogP contribution in [0.5, 0.6) is 11.5 Å². The lowest BCUT2D eigenvalue weighted by Gasteiger charge is -2.42. The number of rotatable bonds is 1. The summed E-state index contributed by atoms with van der Waals surface area (Å²) in [5.74, 6) is 1.37. The van der Waals surface area contributed by atoms with Crippen molar-refractivity contribution in [3.63, 3.8) is 0 Å². The summed E-state index contributed by atoms with van der Waals surface area (Å²) in [7, 11) is 0. The first-order chi connectivity index (χ1) is 16.6. The summed E-state index contributed by atoms with van der Waals surface area (Å²) in [4.78, 5) is 28.1. The number of fused-ring (bicyclic) bond motifs is 2. The summed E-state index contributed by atoms with van der Waals surface area (Å²) in [6.45, 7) is 2.75. The maximum absolute atomic E-state index is 13.2. The molecule has 0 saturated carbocycles. The Balaban J connectivity index is 1.27. The third-order valence-electron chi connectivity index (χ3n) is 7.03. The smallest absolute Gasteiger partial charge is 0.255 e. The van der Waals surface area contributed by atoms with Crippen molar-refractivity contribution in [3.8, 4) is 11.5 Å². The molecule has 3 aliphatic rings. The van der Waals surface area contributed by atoms with Crippen molar-refractivity contribution in [1.29, 1.82) is 0 Å². The second kappa shape index (κ2) is 9.75. The monoisotopic (exact) mass is 458 g/mol. The van der Waals surface area contributed by atoms with Gasteiger partial charge in [0.2, 0.25) is 0 Å². The van der Waals surface area contributed by atoms with Gasteiger partial charge in [-0.05, 0) is 55.4 Å². The third kappa shape index (κ3) is 4.72. The average Bonchev–Trinajstić information content (AvgIpc) is 2.88. The molecule has 2 aromatic rings. The highest BCUT2D eigenvalue weighted by atomic mass is 16.5. The zero-order valence-electron chi connectivity index (χ0n) is 19.3. The molecule has 1 fully saturated rings. The van der Waals surface area contributed by atoms with Gasteiger partial charge >= 0.3 is 0 Å². The van der Waals surface area contributed by atoms with Crippen molar-refractivity contribution in [2.24, 2.45) is 5.41 Å². The van der Waals surface area contributed by atoms with Gasteiger partial charge < -0.3 is 19.7 Å². The molecule has 0 bridgehead atoms. The van der Waals surface area contributed by atoms with E-state index < -0.39 is 0 Å². The maximum Gasteiger partial charge on any atom is 0.255 e. The molecule has 1 N–H and O–H groups in total. The molecule has 3 aliphatic heterocycles. The number of likely N-dealkylation sites (tertiary alicyclic amines) is 1. The fourth-order valence-electron chi connectivity index (χ4n) is 4.91. The van der Waals surface area contributed by atoms with Crippen molar-refractivity contribution < 1.29 is 19.1 Å². The molecule has 0 unspecified atom stereocenters. The number of hydrogen-bond donors (Lipinski definition) is 1. The Labute approximate surface area is 200 Å². The standard InChI is InChI=1S/C28H30N2O4/c31-26-23-9-3-5-11-25(23)33-17-7-1-6-12-28(20-29-26)13-15-30(16-14-28)27(32)22-18-21-8-2-4-10-24(21)34-19-22/h1-6,8-11,18H,7,12-17,19-20H2,(H,29,31)/b6-1+. The van der Waals surface area contributed by atoms with E-state index in [0.29, 0.717) is 49.7 Å². The number of hydrogen-bond acceptors (Lipinski definition) is 4. The highest BCUT2D eigenvalue weighted by molar-refractivity contribution is 5.99. The van der Waals surface area contributed by atoms with Crippen molar-refractivity contribution in [1.82, 2.24) is 10.2 Å². The van der Waals surface area contributed by atoms with Crippen LogP contribution < -0.4 is 14.8 Å². The molecule has 2 amide bonds. The number of benzene rings is 2. The lowest BCUT2D eigenvalue weighted by atomic mass is 9.75. The molecule has 0 aliphatic carbocycles. The molecule has 2 aromatic carbocycles. The van der Waals surface area contributed by atoms with E-state index in [1.807, 2.05) is 53.4 Å². The summed E-state index contributed by atoms with van der Waals surface area (Å²) in [6, 6.07) is 15.2. The van der Waals surface area contributed by atoms with Crippen LogP contribution in [0.1, 0.15) is 41.6 Å². The number of para-hydroxylation sites is 2. The molecular weight excluding hydrogens is 428 g/mol. The molecule has 1 spiro atoms. The number of nitrogens with zero attached hydrogens (tertiary/aromatic N) is 1. The van der Waals surface area contributed by atoms with Gasteiger partial charge in [-0.25, -0.2) is 0 Å². The summed E-state index contributed by atoms with van der Waals surface area (Å²) in [5.41, 5.74) is 2.14. The molecule has 6 nitrogen and oxygen atoms in total. The molecule has 0 radical (unpaired) electrons. The Bertz CT molecular complexity index is 1130. The summed E-state index contributed by atoms with van der Waals surface area (Å²) in [6.07, 6.45) is 9.66. The van der Waals surface area contributed by atoms with Gasteiger partial charge in [0.05, 0.1) is 17.7 Å². The molecule has 34 heavy (non-hydrogen) atoms. The number of piperidine rings is 1. The highest BCUT2D eigenvalue weighted by Crippen LogP contribution is 2.36. The normalized spacial score (nSPS) is 20.8. The van der Waals surface area contributed by atoms with E-state index in [2.05, 4.69) is 17.5 Å². The fraction of sp³-hybridized carbons (Fsp3) is 0.357. The van der Waals surface area contributed by atoms with Crippen LogP contribution in [-0.4, -0.2) is 49.6 Å². The van der Waals surface area contributed by atoms with Crippen LogP contribution in [0.2, 0.25) is 0 Å². The topological polar surface area (TPSA) is 67.9 Å². The maximum atomic E-state index is 13.2. The van der Waals surface area contributed by atoms with E-state index in [0.717, 1.165) is 37.0 Å². The van der Waals surface area contributed by atoms with Crippen LogP contribution in [0, 0.1) is 5.41 Å². The number of carbonyl (C=O) groups excluding carboxylic acids is 2. The van der Waals surface area contributed by atoms with Crippen molar-refractivity contribution in [2.75, 3.05) is 32.8 Å². The van der Waals surface area contributed by atoms with Gasteiger partial charge in [-0.2, -0.15) is 0 Å². The number of allylic oxidation sites excluding steroid dienone is 1. The second-order valence-corrected chi connectivity index (χ2v) is 9.28. The first kappa shape index (κ1) is 22.3.